The Morgan fingerprint density at radius 1 is 1.14 bits per heavy atom. The van der Waals surface area contributed by atoms with E-state index in [9.17, 15) is 8.42 Å². The molecule has 0 amide bonds. The number of nitrogen functional groups attached to an aromatic ring is 1. The lowest BCUT2D eigenvalue weighted by Crippen LogP contribution is -2.39. The fraction of sp³-hybridized carbons (Fsp3) is 0.571. The standard InChI is InChI=1S/C14H22N4O2S/c1-17-12-4-5-13(17)10-18(9-8-12)21(19,20)14-6-2-11(16-15)3-7-14/h2-3,6-7,12-13,16H,4-5,8-10,15H2,1H3. The average molecular weight is 310 g/mol. The lowest BCUT2D eigenvalue weighted by Gasteiger charge is -2.25. The first-order valence-electron chi connectivity index (χ1n) is 7.31. The number of anilines is 1. The van der Waals surface area contributed by atoms with Gasteiger partial charge in [-0.25, -0.2) is 8.42 Å². The number of nitrogens with one attached hydrogen (secondary N) is 1. The van der Waals surface area contributed by atoms with Gasteiger partial charge in [0.2, 0.25) is 10.0 Å². The highest BCUT2D eigenvalue weighted by atomic mass is 32.2. The molecule has 116 valence electrons. The van der Waals surface area contributed by atoms with E-state index in [2.05, 4.69) is 17.4 Å². The van der Waals surface area contributed by atoms with Crippen molar-refractivity contribution >= 4 is 15.7 Å². The van der Waals surface area contributed by atoms with Crippen LogP contribution in [0.15, 0.2) is 29.2 Å². The molecule has 2 bridgehead atoms. The van der Waals surface area contributed by atoms with Gasteiger partial charge in [0.1, 0.15) is 0 Å². The normalized spacial score (nSPS) is 27.5. The van der Waals surface area contributed by atoms with Gasteiger partial charge in [0.25, 0.3) is 0 Å². The van der Waals surface area contributed by atoms with Gasteiger partial charge in [-0.1, -0.05) is 0 Å². The summed E-state index contributed by atoms with van der Waals surface area (Å²) in [5.74, 6) is 5.31. The molecule has 7 heteroatoms. The summed E-state index contributed by atoms with van der Waals surface area (Å²) in [6.45, 7) is 1.19. The van der Waals surface area contributed by atoms with Crippen molar-refractivity contribution < 1.29 is 8.42 Å². The average Bonchev–Trinajstić information content (AvgIpc) is 2.71. The molecule has 2 aliphatic rings. The van der Waals surface area contributed by atoms with Crippen LogP contribution >= 0.6 is 0 Å². The zero-order chi connectivity index (χ0) is 15.0. The van der Waals surface area contributed by atoms with Crippen molar-refractivity contribution in [2.45, 2.75) is 36.2 Å². The van der Waals surface area contributed by atoms with Crippen LogP contribution in [-0.2, 0) is 10.0 Å². The number of hydrogen-bond acceptors (Lipinski definition) is 5. The lowest BCUT2D eigenvalue weighted by atomic mass is 10.1. The van der Waals surface area contributed by atoms with Crippen molar-refractivity contribution in [2.75, 3.05) is 25.6 Å². The summed E-state index contributed by atoms with van der Waals surface area (Å²) in [4.78, 5) is 2.68. The third-order valence-corrected chi connectivity index (χ3v) is 6.65. The van der Waals surface area contributed by atoms with Crippen molar-refractivity contribution in [1.29, 1.82) is 0 Å². The molecule has 6 nitrogen and oxygen atoms in total. The van der Waals surface area contributed by atoms with Gasteiger partial charge in [-0.3, -0.25) is 10.7 Å². The van der Waals surface area contributed by atoms with Crippen molar-refractivity contribution in [3.05, 3.63) is 24.3 Å². The van der Waals surface area contributed by atoms with Crippen LogP contribution in [0, 0.1) is 0 Å². The fourth-order valence-corrected chi connectivity index (χ4v) is 4.86. The highest BCUT2D eigenvalue weighted by molar-refractivity contribution is 7.89. The summed E-state index contributed by atoms with van der Waals surface area (Å²) in [7, 11) is -1.31. The van der Waals surface area contributed by atoms with Gasteiger partial charge < -0.3 is 5.43 Å². The topological polar surface area (TPSA) is 78.7 Å². The maximum Gasteiger partial charge on any atom is 0.243 e. The molecule has 1 aromatic rings. The van der Waals surface area contributed by atoms with Crippen molar-refractivity contribution in [3.8, 4) is 0 Å². The molecule has 2 heterocycles. The number of fused-ring (bicyclic) bond motifs is 2. The zero-order valence-corrected chi connectivity index (χ0v) is 13.0. The summed E-state index contributed by atoms with van der Waals surface area (Å²) in [5.41, 5.74) is 3.21. The minimum Gasteiger partial charge on any atom is -0.324 e. The molecule has 21 heavy (non-hydrogen) atoms. The molecule has 2 aliphatic heterocycles. The third kappa shape index (κ3) is 2.66. The highest BCUT2D eigenvalue weighted by Gasteiger charge is 2.38. The molecule has 2 atom stereocenters. The van der Waals surface area contributed by atoms with Crippen molar-refractivity contribution in [1.82, 2.24) is 9.21 Å². The number of likely N-dealkylation sites (N-methyl/N-ethyl adjacent to an activating group) is 1. The molecule has 3 rings (SSSR count). The Bertz CT molecular complexity index is 602. The summed E-state index contributed by atoms with van der Waals surface area (Å²) < 4.78 is 27.2. The van der Waals surface area contributed by atoms with Crippen LogP contribution in [0.2, 0.25) is 0 Å². The summed E-state index contributed by atoms with van der Waals surface area (Å²) in [5, 5.41) is 0. The lowest BCUT2D eigenvalue weighted by molar-refractivity contribution is 0.246. The van der Waals surface area contributed by atoms with Gasteiger partial charge in [0.15, 0.2) is 0 Å². The quantitative estimate of drug-likeness (QED) is 0.638. The van der Waals surface area contributed by atoms with Crippen molar-refractivity contribution in [2.24, 2.45) is 5.84 Å². The molecule has 0 saturated carbocycles. The minimum absolute atomic E-state index is 0.335. The summed E-state index contributed by atoms with van der Waals surface area (Å²) in [6.07, 6.45) is 3.18. The van der Waals surface area contributed by atoms with E-state index >= 15 is 0 Å². The van der Waals surface area contributed by atoms with Gasteiger partial charge in [-0.15, -0.1) is 0 Å². The predicted octanol–water partition coefficient (Wildman–Crippen LogP) is 0.829. The third-order valence-electron chi connectivity index (χ3n) is 4.77. The minimum atomic E-state index is -3.42. The van der Waals surface area contributed by atoms with Crippen LogP contribution < -0.4 is 11.3 Å². The first-order chi connectivity index (χ1) is 10.0. The largest absolute Gasteiger partial charge is 0.324 e. The molecule has 2 saturated heterocycles. The van der Waals surface area contributed by atoms with E-state index in [1.807, 2.05) is 0 Å². The van der Waals surface area contributed by atoms with Gasteiger partial charge in [-0.05, 0) is 50.6 Å². The number of benzene rings is 1. The van der Waals surface area contributed by atoms with Gasteiger partial charge >= 0.3 is 0 Å². The van der Waals surface area contributed by atoms with Gasteiger partial charge in [-0.2, -0.15) is 4.31 Å². The highest BCUT2D eigenvalue weighted by Crippen LogP contribution is 2.31. The van der Waals surface area contributed by atoms with Gasteiger partial charge in [0.05, 0.1) is 4.90 Å². The number of hydrazine groups is 1. The Hall–Kier alpha value is -1.15. The van der Waals surface area contributed by atoms with Crippen LogP contribution in [0.4, 0.5) is 5.69 Å². The molecule has 0 aromatic heterocycles. The van der Waals surface area contributed by atoms with Gasteiger partial charge in [0, 0.05) is 30.9 Å². The van der Waals surface area contributed by atoms with Crippen LogP contribution in [0.5, 0.6) is 0 Å². The SMILES string of the molecule is CN1C2CCC1CN(S(=O)(=O)c1ccc(NN)cc1)CC2. The van der Waals surface area contributed by atoms with Crippen LogP contribution in [0.1, 0.15) is 19.3 Å². The summed E-state index contributed by atoms with van der Waals surface area (Å²) in [6, 6.07) is 7.46. The van der Waals surface area contributed by atoms with E-state index in [-0.39, 0.29) is 0 Å². The van der Waals surface area contributed by atoms with Crippen LogP contribution in [-0.4, -0.2) is 49.8 Å². The van der Waals surface area contributed by atoms with E-state index in [0.717, 1.165) is 12.8 Å². The second-order valence-corrected chi connectivity index (χ2v) is 7.81. The first kappa shape index (κ1) is 14.8. The molecular formula is C14H22N4O2S. The van der Waals surface area contributed by atoms with E-state index in [4.69, 9.17) is 5.84 Å². The van der Waals surface area contributed by atoms with Crippen molar-refractivity contribution in [3.63, 3.8) is 0 Å². The molecule has 0 radical (unpaired) electrons. The Morgan fingerprint density at radius 3 is 2.48 bits per heavy atom. The molecule has 0 spiro atoms. The molecule has 3 N–H and O–H groups in total. The van der Waals surface area contributed by atoms with E-state index in [1.165, 1.54) is 6.42 Å². The first-order valence-corrected chi connectivity index (χ1v) is 8.75. The number of hydrogen-bond donors (Lipinski definition) is 2. The van der Waals surface area contributed by atoms with E-state index in [0.29, 0.717) is 35.8 Å². The summed E-state index contributed by atoms with van der Waals surface area (Å²) >= 11 is 0. The number of nitrogens with two attached hydrogens (primary N) is 1. The smallest absolute Gasteiger partial charge is 0.243 e. The number of nitrogens with zero attached hydrogens (tertiary/aromatic N) is 2. The maximum absolute atomic E-state index is 12.8. The predicted molar refractivity (Wildman–Crippen MR) is 82.2 cm³/mol. The van der Waals surface area contributed by atoms with Crippen LogP contribution in [0.25, 0.3) is 0 Å². The molecule has 2 fully saturated rings. The monoisotopic (exact) mass is 310 g/mol. The molecule has 1 aromatic carbocycles. The Labute approximate surface area is 125 Å². The Kier molecular flexibility index (Phi) is 3.92. The van der Waals surface area contributed by atoms with Crippen LogP contribution in [0.3, 0.4) is 0 Å². The second kappa shape index (κ2) is 5.57. The Balaban J connectivity index is 1.84. The fourth-order valence-electron chi connectivity index (χ4n) is 3.37. The van der Waals surface area contributed by atoms with E-state index in [1.54, 1.807) is 28.6 Å². The molecule has 2 unspecified atom stereocenters. The second-order valence-electron chi connectivity index (χ2n) is 5.87. The zero-order valence-electron chi connectivity index (χ0n) is 12.2. The molecule has 0 aliphatic carbocycles. The maximum atomic E-state index is 12.8. The molecular weight excluding hydrogens is 288 g/mol. The Morgan fingerprint density at radius 2 is 1.81 bits per heavy atom. The van der Waals surface area contributed by atoms with E-state index < -0.39 is 10.0 Å². The number of rotatable bonds is 3. The number of sulfonamides is 1.